The zero-order valence-electron chi connectivity index (χ0n) is 11.2. The van der Waals surface area contributed by atoms with Crippen LogP contribution in [0.2, 0.25) is 0 Å². The lowest BCUT2D eigenvalue weighted by molar-refractivity contribution is -0.133. The minimum Gasteiger partial charge on any atom is -0.382 e. The summed E-state index contributed by atoms with van der Waals surface area (Å²) in [5.41, 5.74) is 5.01. The topological polar surface area (TPSA) is 93.2 Å². The number of aromatic nitrogens is 2. The van der Waals surface area contributed by atoms with E-state index < -0.39 is 5.41 Å². The standard InChI is InChI=1S/C12H19N5O2/c1-12(11(19)14-2)4-6-16(8-12)10(18)7-17-5-3-9(13)15-17/h3,5H,4,6-8H2,1-2H3,(H2,13,15)(H,14,19). The number of nitrogens with two attached hydrogens (primary N) is 1. The molecule has 2 amide bonds. The Morgan fingerprint density at radius 1 is 1.58 bits per heavy atom. The van der Waals surface area contributed by atoms with Gasteiger partial charge >= 0.3 is 0 Å². The SMILES string of the molecule is CNC(=O)C1(C)CCN(C(=O)Cn2ccc(N)n2)C1. The zero-order valence-corrected chi connectivity index (χ0v) is 11.2. The maximum absolute atomic E-state index is 12.1. The third-order valence-corrected chi connectivity index (χ3v) is 3.56. The molecule has 1 aromatic rings. The van der Waals surface area contributed by atoms with Gasteiger partial charge in [0.1, 0.15) is 12.4 Å². The maximum Gasteiger partial charge on any atom is 0.244 e. The Hall–Kier alpha value is -2.05. The van der Waals surface area contributed by atoms with Gasteiger partial charge in [0.05, 0.1) is 5.41 Å². The van der Waals surface area contributed by atoms with Gasteiger partial charge in [-0.15, -0.1) is 0 Å². The minimum absolute atomic E-state index is 0.0221. The van der Waals surface area contributed by atoms with Crippen LogP contribution in [0.25, 0.3) is 0 Å². The second-order valence-corrected chi connectivity index (χ2v) is 5.14. The van der Waals surface area contributed by atoms with Crippen molar-refractivity contribution in [1.82, 2.24) is 20.0 Å². The third kappa shape index (κ3) is 2.69. The van der Waals surface area contributed by atoms with Crippen LogP contribution in [-0.4, -0.2) is 46.6 Å². The number of hydrogen-bond donors (Lipinski definition) is 2. The molecular formula is C12H19N5O2. The van der Waals surface area contributed by atoms with Gasteiger partial charge in [0.2, 0.25) is 11.8 Å². The Bertz CT molecular complexity index is 498. The van der Waals surface area contributed by atoms with E-state index in [4.69, 9.17) is 5.73 Å². The summed E-state index contributed by atoms with van der Waals surface area (Å²) in [6, 6.07) is 1.64. The smallest absolute Gasteiger partial charge is 0.244 e. The summed E-state index contributed by atoms with van der Waals surface area (Å²) >= 11 is 0. The van der Waals surface area contributed by atoms with Crippen molar-refractivity contribution in [2.75, 3.05) is 25.9 Å². The fourth-order valence-electron chi connectivity index (χ4n) is 2.37. The van der Waals surface area contributed by atoms with E-state index in [9.17, 15) is 9.59 Å². The van der Waals surface area contributed by atoms with Crippen LogP contribution in [0.15, 0.2) is 12.3 Å². The Morgan fingerprint density at radius 2 is 2.32 bits per heavy atom. The van der Waals surface area contributed by atoms with Gasteiger partial charge in [-0.1, -0.05) is 0 Å². The molecule has 1 aliphatic heterocycles. The first-order chi connectivity index (χ1) is 8.94. The van der Waals surface area contributed by atoms with Crippen molar-refractivity contribution < 1.29 is 9.59 Å². The first kappa shape index (κ1) is 13.4. The van der Waals surface area contributed by atoms with Gasteiger partial charge in [0.25, 0.3) is 0 Å². The van der Waals surface area contributed by atoms with E-state index in [1.807, 2.05) is 6.92 Å². The molecule has 1 aromatic heterocycles. The number of nitrogens with one attached hydrogen (secondary N) is 1. The molecule has 7 heteroatoms. The second-order valence-electron chi connectivity index (χ2n) is 5.14. The van der Waals surface area contributed by atoms with E-state index in [1.54, 1.807) is 24.2 Å². The van der Waals surface area contributed by atoms with Crippen molar-refractivity contribution in [1.29, 1.82) is 0 Å². The van der Waals surface area contributed by atoms with Crippen LogP contribution in [-0.2, 0) is 16.1 Å². The number of carbonyl (C=O) groups is 2. The van der Waals surface area contributed by atoms with Crippen LogP contribution in [0.4, 0.5) is 5.82 Å². The molecule has 1 unspecified atom stereocenters. The molecular weight excluding hydrogens is 246 g/mol. The molecule has 1 atom stereocenters. The molecule has 0 saturated carbocycles. The van der Waals surface area contributed by atoms with E-state index in [0.717, 1.165) is 0 Å². The summed E-state index contributed by atoms with van der Waals surface area (Å²) in [7, 11) is 1.62. The molecule has 1 aliphatic rings. The number of rotatable bonds is 3. The highest BCUT2D eigenvalue weighted by Gasteiger charge is 2.41. The number of hydrogen-bond acceptors (Lipinski definition) is 4. The minimum atomic E-state index is -0.493. The summed E-state index contributed by atoms with van der Waals surface area (Å²) in [5, 5.41) is 6.63. The van der Waals surface area contributed by atoms with E-state index in [0.29, 0.717) is 25.3 Å². The van der Waals surface area contributed by atoms with Gasteiger partial charge in [0, 0.05) is 26.3 Å². The number of nitrogen functional groups attached to an aromatic ring is 1. The van der Waals surface area contributed by atoms with Crippen LogP contribution in [0.1, 0.15) is 13.3 Å². The molecule has 7 nitrogen and oxygen atoms in total. The molecule has 1 saturated heterocycles. The van der Waals surface area contributed by atoms with Crippen molar-refractivity contribution in [2.45, 2.75) is 19.9 Å². The summed E-state index contributed by atoms with van der Waals surface area (Å²) in [5.74, 6) is 0.325. The van der Waals surface area contributed by atoms with Gasteiger partial charge in [-0.3, -0.25) is 14.3 Å². The molecule has 104 valence electrons. The molecule has 2 rings (SSSR count). The highest BCUT2D eigenvalue weighted by molar-refractivity contribution is 5.84. The van der Waals surface area contributed by atoms with Crippen molar-refractivity contribution in [3.63, 3.8) is 0 Å². The quantitative estimate of drug-likeness (QED) is 0.767. The van der Waals surface area contributed by atoms with E-state index in [2.05, 4.69) is 10.4 Å². The lowest BCUT2D eigenvalue weighted by Gasteiger charge is -2.22. The number of amides is 2. The molecule has 3 N–H and O–H groups in total. The molecule has 2 heterocycles. The lowest BCUT2D eigenvalue weighted by atomic mass is 9.89. The summed E-state index contributed by atoms with van der Waals surface area (Å²) in [6.45, 7) is 3.08. The summed E-state index contributed by atoms with van der Waals surface area (Å²) < 4.78 is 1.51. The van der Waals surface area contributed by atoms with Gasteiger partial charge < -0.3 is 16.0 Å². The number of anilines is 1. The predicted molar refractivity (Wildman–Crippen MR) is 70.0 cm³/mol. The number of carbonyl (C=O) groups excluding carboxylic acids is 2. The Kier molecular flexibility index (Phi) is 3.46. The van der Waals surface area contributed by atoms with Crippen molar-refractivity contribution >= 4 is 17.6 Å². The van der Waals surface area contributed by atoms with Crippen LogP contribution >= 0.6 is 0 Å². The lowest BCUT2D eigenvalue weighted by Crippen LogP contribution is -2.41. The normalized spacial score (nSPS) is 22.5. The molecule has 0 bridgehead atoms. The van der Waals surface area contributed by atoms with Gasteiger partial charge in [-0.25, -0.2) is 0 Å². The van der Waals surface area contributed by atoms with E-state index in [1.165, 1.54) is 4.68 Å². The van der Waals surface area contributed by atoms with Crippen LogP contribution < -0.4 is 11.1 Å². The third-order valence-electron chi connectivity index (χ3n) is 3.56. The Morgan fingerprint density at radius 3 is 2.89 bits per heavy atom. The summed E-state index contributed by atoms with van der Waals surface area (Å²) in [6.07, 6.45) is 2.35. The molecule has 0 aliphatic carbocycles. The molecule has 0 radical (unpaired) electrons. The first-order valence-electron chi connectivity index (χ1n) is 6.23. The average Bonchev–Trinajstić information content (AvgIpc) is 2.96. The maximum atomic E-state index is 12.1. The average molecular weight is 265 g/mol. The van der Waals surface area contributed by atoms with Crippen LogP contribution in [0, 0.1) is 5.41 Å². The largest absolute Gasteiger partial charge is 0.382 e. The number of nitrogens with zero attached hydrogens (tertiary/aromatic N) is 3. The Labute approximate surface area is 111 Å². The van der Waals surface area contributed by atoms with Crippen molar-refractivity contribution in [3.05, 3.63) is 12.3 Å². The number of likely N-dealkylation sites (tertiary alicyclic amines) is 1. The van der Waals surface area contributed by atoms with Crippen molar-refractivity contribution in [2.24, 2.45) is 5.41 Å². The van der Waals surface area contributed by atoms with Gasteiger partial charge in [0.15, 0.2) is 0 Å². The highest BCUT2D eigenvalue weighted by Crippen LogP contribution is 2.30. The monoisotopic (exact) mass is 265 g/mol. The second kappa shape index (κ2) is 4.91. The van der Waals surface area contributed by atoms with Crippen LogP contribution in [0.5, 0.6) is 0 Å². The summed E-state index contributed by atoms with van der Waals surface area (Å²) in [4.78, 5) is 25.6. The first-order valence-corrected chi connectivity index (χ1v) is 6.23. The van der Waals surface area contributed by atoms with Crippen molar-refractivity contribution in [3.8, 4) is 0 Å². The molecule has 19 heavy (non-hydrogen) atoms. The van der Waals surface area contributed by atoms with E-state index >= 15 is 0 Å². The highest BCUT2D eigenvalue weighted by atomic mass is 16.2. The van der Waals surface area contributed by atoms with Crippen LogP contribution in [0.3, 0.4) is 0 Å². The predicted octanol–water partition coefficient (Wildman–Crippen LogP) is -0.550. The molecule has 0 aromatic carbocycles. The molecule has 1 fully saturated rings. The Balaban J connectivity index is 1.97. The van der Waals surface area contributed by atoms with E-state index in [-0.39, 0.29) is 18.4 Å². The zero-order chi connectivity index (χ0) is 14.0. The fraction of sp³-hybridized carbons (Fsp3) is 0.583. The fourth-order valence-corrected chi connectivity index (χ4v) is 2.37. The van der Waals surface area contributed by atoms with Gasteiger partial charge in [-0.05, 0) is 19.4 Å². The molecule has 0 spiro atoms. The van der Waals surface area contributed by atoms with Gasteiger partial charge in [-0.2, -0.15) is 5.10 Å².